The molecule has 1 aliphatic heterocycles. The Labute approximate surface area is 142 Å². The Kier molecular flexibility index (Phi) is 6.39. The van der Waals surface area contributed by atoms with Crippen molar-refractivity contribution in [3.63, 3.8) is 0 Å². The van der Waals surface area contributed by atoms with Gasteiger partial charge in [0.05, 0.1) is 5.02 Å². The molecule has 5 nitrogen and oxygen atoms in total. The smallest absolute Gasteiger partial charge is 0.242 e. The third-order valence-corrected chi connectivity index (χ3v) is 5.88. The first-order valence-electron chi connectivity index (χ1n) is 7.63. The van der Waals surface area contributed by atoms with Gasteiger partial charge in [0.15, 0.2) is 0 Å². The molecule has 1 heterocycles. The highest BCUT2D eigenvalue weighted by Crippen LogP contribution is 2.22. The molecule has 1 aromatic rings. The fourth-order valence-corrected chi connectivity index (χ4v) is 4.25. The van der Waals surface area contributed by atoms with Gasteiger partial charge in [-0.1, -0.05) is 18.5 Å². The van der Waals surface area contributed by atoms with Crippen molar-refractivity contribution in [2.45, 2.75) is 11.8 Å². The number of likely N-dealkylation sites (N-methyl/N-ethyl adjacent to an activating group) is 1. The molecule has 1 aliphatic rings. The van der Waals surface area contributed by atoms with Crippen molar-refractivity contribution in [3.8, 4) is 0 Å². The Morgan fingerprint density at radius 1 is 1.30 bits per heavy atom. The normalized spacial score (nSPS) is 19.0. The minimum Gasteiger partial charge on any atom is -0.304 e. The lowest BCUT2D eigenvalue weighted by Crippen LogP contribution is -2.46. The predicted octanol–water partition coefficient (Wildman–Crippen LogP) is 1.64. The lowest BCUT2D eigenvalue weighted by Gasteiger charge is -2.33. The molecule has 1 unspecified atom stereocenters. The van der Waals surface area contributed by atoms with E-state index in [0.29, 0.717) is 6.54 Å². The third kappa shape index (κ3) is 5.39. The summed E-state index contributed by atoms with van der Waals surface area (Å²) >= 11 is 5.83. The van der Waals surface area contributed by atoms with Gasteiger partial charge < -0.3 is 9.80 Å². The van der Waals surface area contributed by atoms with Crippen LogP contribution in [0.25, 0.3) is 0 Å². The minimum absolute atomic E-state index is 0.0904. The van der Waals surface area contributed by atoms with E-state index in [-0.39, 0.29) is 15.8 Å². The number of rotatable bonds is 6. The van der Waals surface area contributed by atoms with Gasteiger partial charge >= 0.3 is 0 Å². The van der Waals surface area contributed by atoms with Crippen molar-refractivity contribution in [2.24, 2.45) is 5.92 Å². The van der Waals surface area contributed by atoms with E-state index in [4.69, 9.17) is 11.6 Å². The van der Waals surface area contributed by atoms with Crippen molar-refractivity contribution in [1.82, 2.24) is 14.5 Å². The molecule has 0 spiro atoms. The number of benzene rings is 1. The van der Waals surface area contributed by atoms with Crippen LogP contribution >= 0.6 is 11.6 Å². The summed E-state index contributed by atoms with van der Waals surface area (Å²) < 4.78 is 40.1. The van der Waals surface area contributed by atoms with Crippen LogP contribution in [0.1, 0.15) is 6.92 Å². The zero-order valence-electron chi connectivity index (χ0n) is 13.4. The lowest BCUT2D eigenvalue weighted by atomic mass is 10.1. The molecule has 0 aromatic heterocycles. The monoisotopic (exact) mass is 363 g/mol. The highest BCUT2D eigenvalue weighted by molar-refractivity contribution is 7.89. The summed E-state index contributed by atoms with van der Waals surface area (Å²) in [6.07, 6.45) is 0. The van der Waals surface area contributed by atoms with E-state index in [9.17, 15) is 12.8 Å². The average Bonchev–Trinajstić information content (AvgIpc) is 2.47. The first-order valence-corrected chi connectivity index (χ1v) is 9.49. The molecule has 0 bridgehead atoms. The molecular formula is C15H23ClFN3O2S. The summed E-state index contributed by atoms with van der Waals surface area (Å²) in [6, 6.07) is 3.28. The molecule has 0 radical (unpaired) electrons. The molecule has 130 valence electrons. The van der Waals surface area contributed by atoms with Gasteiger partial charge in [0.2, 0.25) is 10.0 Å². The van der Waals surface area contributed by atoms with Gasteiger partial charge in [-0.15, -0.1) is 0 Å². The fourth-order valence-electron chi connectivity index (χ4n) is 2.56. The van der Waals surface area contributed by atoms with Crippen LogP contribution in [-0.4, -0.2) is 64.5 Å². The number of hydrogen-bond acceptors (Lipinski definition) is 4. The van der Waals surface area contributed by atoms with Gasteiger partial charge in [-0.25, -0.2) is 17.5 Å². The van der Waals surface area contributed by atoms with Gasteiger partial charge in [0.1, 0.15) is 10.7 Å². The predicted molar refractivity (Wildman–Crippen MR) is 89.7 cm³/mol. The van der Waals surface area contributed by atoms with Crippen LogP contribution in [-0.2, 0) is 10.0 Å². The molecule has 2 rings (SSSR count). The zero-order chi connectivity index (χ0) is 17.0. The van der Waals surface area contributed by atoms with E-state index in [1.54, 1.807) is 0 Å². The first-order chi connectivity index (χ1) is 10.8. The van der Waals surface area contributed by atoms with Crippen LogP contribution in [0.4, 0.5) is 4.39 Å². The van der Waals surface area contributed by atoms with Crippen LogP contribution in [0, 0.1) is 11.7 Å². The summed E-state index contributed by atoms with van der Waals surface area (Å²) in [5.41, 5.74) is 0. The second kappa shape index (κ2) is 7.90. The van der Waals surface area contributed by atoms with Crippen molar-refractivity contribution in [3.05, 3.63) is 29.0 Å². The molecule has 0 saturated carbocycles. The molecular weight excluding hydrogens is 341 g/mol. The molecule has 1 fully saturated rings. The number of sulfonamides is 1. The maximum absolute atomic E-state index is 13.0. The van der Waals surface area contributed by atoms with Crippen molar-refractivity contribution < 1.29 is 12.8 Å². The molecule has 1 saturated heterocycles. The van der Waals surface area contributed by atoms with Crippen LogP contribution in [0.2, 0.25) is 5.02 Å². The van der Waals surface area contributed by atoms with E-state index < -0.39 is 15.8 Å². The van der Waals surface area contributed by atoms with Crippen molar-refractivity contribution >= 4 is 21.6 Å². The Balaban J connectivity index is 1.88. The topological polar surface area (TPSA) is 52.7 Å². The van der Waals surface area contributed by atoms with Gasteiger partial charge in [-0.05, 0) is 31.2 Å². The molecule has 8 heteroatoms. The standard InChI is InChI=1S/C15H23ClFN3O2S/c1-12(11-20-7-5-19(2)6-8-20)10-18-23(21,22)15-4-3-13(17)9-14(15)16/h3-4,9,12,18H,5-8,10-11H2,1-2H3. The number of hydrogen-bond donors (Lipinski definition) is 1. The van der Waals surface area contributed by atoms with Gasteiger partial charge in [0, 0.05) is 39.3 Å². The Bertz CT molecular complexity index is 634. The van der Waals surface area contributed by atoms with Crippen molar-refractivity contribution in [1.29, 1.82) is 0 Å². The van der Waals surface area contributed by atoms with Crippen LogP contribution in [0.3, 0.4) is 0 Å². The highest BCUT2D eigenvalue weighted by Gasteiger charge is 2.21. The minimum atomic E-state index is -3.73. The van der Waals surface area contributed by atoms with Crippen LogP contribution in [0.15, 0.2) is 23.1 Å². The largest absolute Gasteiger partial charge is 0.304 e. The number of nitrogens with one attached hydrogen (secondary N) is 1. The summed E-state index contributed by atoms with van der Waals surface area (Å²) in [4.78, 5) is 4.52. The summed E-state index contributed by atoms with van der Waals surface area (Å²) in [6.45, 7) is 7.23. The van der Waals surface area contributed by atoms with E-state index in [1.165, 1.54) is 6.07 Å². The second-order valence-electron chi connectivity index (χ2n) is 6.14. The summed E-state index contributed by atoms with van der Waals surface area (Å²) in [5.74, 6) is -0.384. The summed E-state index contributed by atoms with van der Waals surface area (Å²) in [7, 11) is -1.63. The SMILES string of the molecule is CC(CNS(=O)(=O)c1ccc(F)cc1Cl)CN1CCN(C)CC1. The average molecular weight is 364 g/mol. The Hall–Kier alpha value is -0.730. The van der Waals surface area contributed by atoms with E-state index in [0.717, 1.165) is 44.9 Å². The number of nitrogens with zero attached hydrogens (tertiary/aromatic N) is 2. The lowest BCUT2D eigenvalue weighted by molar-refractivity contribution is 0.139. The van der Waals surface area contributed by atoms with E-state index in [2.05, 4.69) is 21.6 Å². The van der Waals surface area contributed by atoms with Gasteiger partial charge in [-0.3, -0.25) is 0 Å². The molecule has 23 heavy (non-hydrogen) atoms. The highest BCUT2D eigenvalue weighted by atomic mass is 35.5. The summed E-state index contributed by atoms with van der Waals surface area (Å²) in [5, 5.41) is -0.107. The second-order valence-corrected chi connectivity index (χ2v) is 8.28. The number of piperazine rings is 1. The van der Waals surface area contributed by atoms with E-state index >= 15 is 0 Å². The van der Waals surface area contributed by atoms with Crippen LogP contribution < -0.4 is 4.72 Å². The molecule has 1 N–H and O–H groups in total. The maximum atomic E-state index is 13.0. The number of halogens is 2. The van der Waals surface area contributed by atoms with Crippen molar-refractivity contribution in [2.75, 3.05) is 46.3 Å². The Morgan fingerprint density at radius 2 is 1.96 bits per heavy atom. The quantitative estimate of drug-likeness (QED) is 0.834. The molecule has 0 amide bonds. The molecule has 1 atom stereocenters. The molecule has 1 aromatic carbocycles. The Morgan fingerprint density at radius 3 is 2.57 bits per heavy atom. The zero-order valence-corrected chi connectivity index (χ0v) is 15.0. The van der Waals surface area contributed by atoms with Gasteiger partial charge in [0.25, 0.3) is 0 Å². The maximum Gasteiger partial charge on any atom is 0.242 e. The van der Waals surface area contributed by atoms with E-state index in [1.807, 2.05) is 6.92 Å². The van der Waals surface area contributed by atoms with Gasteiger partial charge in [-0.2, -0.15) is 0 Å². The first kappa shape index (κ1) is 18.6. The molecule has 0 aliphatic carbocycles. The van der Waals surface area contributed by atoms with Crippen LogP contribution in [0.5, 0.6) is 0 Å². The fraction of sp³-hybridized carbons (Fsp3) is 0.600. The third-order valence-electron chi connectivity index (χ3n) is 3.97.